The number of amides is 1. The Labute approximate surface area is 147 Å². The van der Waals surface area contributed by atoms with Crippen molar-refractivity contribution >= 4 is 39.1 Å². The van der Waals surface area contributed by atoms with Crippen molar-refractivity contribution in [3.05, 3.63) is 63.2 Å². The fourth-order valence-corrected chi connectivity index (χ4v) is 3.65. The number of fused-ring (bicyclic) bond motifs is 1. The van der Waals surface area contributed by atoms with E-state index >= 15 is 0 Å². The first-order chi connectivity index (χ1) is 11.5. The van der Waals surface area contributed by atoms with Gasteiger partial charge in [0.15, 0.2) is 4.80 Å². The molecule has 0 bridgehead atoms. The summed E-state index contributed by atoms with van der Waals surface area (Å²) >= 11 is 7.53. The lowest BCUT2D eigenvalue weighted by Gasteiger charge is -2.04. The van der Waals surface area contributed by atoms with Gasteiger partial charge in [-0.15, -0.1) is 6.42 Å². The van der Waals surface area contributed by atoms with Gasteiger partial charge in [-0.05, 0) is 42.8 Å². The van der Waals surface area contributed by atoms with Crippen molar-refractivity contribution in [2.75, 3.05) is 0 Å². The average molecular weight is 359 g/mol. The summed E-state index contributed by atoms with van der Waals surface area (Å²) < 4.78 is 16.0. The van der Waals surface area contributed by atoms with Crippen LogP contribution in [0.15, 0.2) is 41.4 Å². The summed E-state index contributed by atoms with van der Waals surface area (Å²) in [6, 6.07) is 9.10. The van der Waals surface area contributed by atoms with Crippen LogP contribution in [0.2, 0.25) is 5.02 Å². The summed E-state index contributed by atoms with van der Waals surface area (Å²) in [5.74, 6) is 1.57. The highest BCUT2D eigenvalue weighted by molar-refractivity contribution is 7.16. The fourth-order valence-electron chi connectivity index (χ4n) is 2.41. The van der Waals surface area contributed by atoms with Gasteiger partial charge >= 0.3 is 0 Å². The lowest BCUT2D eigenvalue weighted by atomic mass is 10.2. The summed E-state index contributed by atoms with van der Waals surface area (Å²) in [7, 11) is 0. The maximum absolute atomic E-state index is 13.3. The van der Waals surface area contributed by atoms with Crippen LogP contribution in [-0.4, -0.2) is 10.5 Å². The summed E-state index contributed by atoms with van der Waals surface area (Å²) in [5, 5.41) is 0.620. The van der Waals surface area contributed by atoms with Crippen molar-refractivity contribution < 1.29 is 9.18 Å². The lowest BCUT2D eigenvalue weighted by molar-refractivity contribution is 0.0997. The Morgan fingerprint density at radius 1 is 1.42 bits per heavy atom. The molecule has 3 rings (SSSR count). The van der Waals surface area contributed by atoms with Crippen LogP contribution >= 0.6 is 22.9 Å². The number of carbonyl (C=O) groups excluding carboxylic acids is 1. The zero-order valence-electron chi connectivity index (χ0n) is 12.7. The topological polar surface area (TPSA) is 34.4 Å². The molecule has 0 saturated carbocycles. The second kappa shape index (κ2) is 6.60. The van der Waals surface area contributed by atoms with Gasteiger partial charge < -0.3 is 4.57 Å². The molecule has 0 aliphatic carbocycles. The van der Waals surface area contributed by atoms with E-state index in [0.29, 0.717) is 9.82 Å². The van der Waals surface area contributed by atoms with Crippen LogP contribution in [-0.2, 0) is 6.54 Å². The second-order valence-electron chi connectivity index (χ2n) is 5.12. The van der Waals surface area contributed by atoms with Crippen LogP contribution in [0.25, 0.3) is 10.2 Å². The van der Waals surface area contributed by atoms with Crippen LogP contribution in [0.3, 0.4) is 0 Å². The Balaban J connectivity index is 2.22. The molecule has 1 amide bonds. The monoisotopic (exact) mass is 358 g/mol. The smallest absolute Gasteiger partial charge is 0.279 e. The summed E-state index contributed by atoms with van der Waals surface area (Å²) in [4.78, 5) is 16.9. The van der Waals surface area contributed by atoms with E-state index in [1.165, 1.54) is 29.5 Å². The third kappa shape index (κ3) is 2.99. The second-order valence-corrected chi connectivity index (χ2v) is 6.54. The third-order valence-electron chi connectivity index (χ3n) is 3.55. The van der Waals surface area contributed by atoms with Crippen LogP contribution in [0.5, 0.6) is 0 Å². The molecule has 0 radical (unpaired) electrons. The van der Waals surface area contributed by atoms with Gasteiger partial charge in [0.25, 0.3) is 5.91 Å². The Morgan fingerprint density at radius 3 is 2.92 bits per heavy atom. The number of rotatable bonds is 2. The lowest BCUT2D eigenvalue weighted by Crippen LogP contribution is -2.17. The van der Waals surface area contributed by atoms with Gasteiger partial charge in [0.05, 0.1) is 16.8 Å². The van der Waals surface area contributed by atoms with E-state index in [0.717, 1.165) is 21.8 Å². The van der Waals surface area contributed by atoms with Crippen molar-refractivity contribution in [1.29, 1.82) is 0 Å². The van der Waals surface area contributed by atoms with Crippen LogP contribution < -0.4 is 4.80 Å². The molecular formula is C18H12ClFN2OS. The molecule has 0 saturated heterocycles. The maximum Gasteiger partial charge on any atom is 0.279 e. The van der Waals surface area contributed by atoms with E-state index in [2.05, 4.69) is 10.9 Å². The standard InChI is InChI=1S/C18H12ClFN2OS/c1-3-9-22-16-11(2)14(19)7-8-15(16)24-18(22)21-17(23)12-5-4-6-13(20)10-12/h1,4-8,10H,9H2,2H3. The van der Waals surface area contributed by atoms with Gasteiger partial charge in [-0.2, -0.15) is 4.99 Å². The first kappa shape index (κ1) is 16.4. The normalized spacial score (nSPS) is 11.7. The third-order valence-corrected chi connectivity index (χ3v) is 5.00. The molecule has 3 aromatic rings. The van der Waals surface area contributed by atoms with E-state index in [-0.39, 0.29) is 12.1 Å². The molecule has 0 N–H and O–H groups in total. The van der Waals surface area contributed by atoms with Crippen LogP contribution in [0.4, 0.5) is 4.39 Å². The minimum atomic E-state index is -0.518. The SMILES string of the molecule is C#CCn1c(=NC(=O)c2cccc(F)c2)sc2ccc(Cl)c(C)c21. The van der Waals surface area contributed by atoms with Crippen molar-refractivity contribution in [1.82, 2.24) is 4.57 Å². The molecular weight excluding hydrogens is 347 g/mol. The first-order valence-corrected chi connectivity index (χ1v) is 8.27. The van der Waals surface area contributed by atoms with E-state index in [1.807, 2.05) is 13.0 Å². The largest absolute Gasteiger partial charge is 0.304 e. The number of aromatic nitrogens is 1. The summed E-state index contributed by atoms with van der Waals surface area (Å²) in [5.41, 5.74) is 1.92. The van der Waals surface area contributed by atoms with Crippen molar-refractivity contribution in [3.8, 4) is 12.3 Å². The van der Waals surface area contributed by atoms with Gasteiger partial charge in [-0.1, -0.05) is 34.9 Å². The Kier molecular flexibility index (Phi) is 4.52. The quantitative estimate of drug-likeness (QED) is 0.633. The highest BCUT2D eigenvalue weighted by Crippen LogP contribution is 2.27. The number of hydrogen-bond acceptors (Lipinski definition) is 2. The molecule has 120 valence electrons. The Morgan fingerprint density at radius 2 is 2.21 bits per heavy atom. The minimum Gasteiger partial charge on any atom is -0.304 e. The number of benzene rings is 2. The number of hydrogen-bond donors (Lipinski definition) is 0. The first-order valence-electron chi connectivity index (χ1n) is 7.08. The van der Waals surface area contributed by atoms with E-state index in [4.69, 9.17) is 18.0 Å². The highest BCUT2D eigenvalue weighted by atomic mass is 35.5. The van der Waals surface area contributed by atoms with Gasteiger partial charge in [0.2, 0.25) is 0 Å². The summed E-state index contributed by atoms with van der Waals surface area (Å²) in [6.07, 6.45) is 5.45. The van der Waals surface area contributed by atoms with Crippen molar-refractivity contribution in [2.45, 2.75) is 13.5 Å². The molecule has 1 heterocycles. The zero-order chi connectivity index (χ0) is 17.3. The molecule has 1 aromatic heterocycles. The number of aryl methyl sites for hydroxylation is 1. The molecule has 0 spiro atoms. The molecule has 0 aliphatic heterocycles. The Hall–Kier alpha value is -2.42. The molecule has 2 aromatic carbocycles. The number of halogens is 2. The average Bonchev–Trinajstić information content (AvgIpc) is 2.90. The van der Waals surface area contributed by atoms with Crippen molar-refractivity contribution in [3.63, 3.8) is 0 Å². The van der Waals surface area contributed by atoms with E-state index in [1.54, 1.807) is 10.6 Å². The number of carbonyl (C=O) groups is 1. The number of terminal acetylenes is 1. The molecule has 0 atom stereocenters. The molecule has 0 aliphatic rings. The fraction of sp³-hybridized carbons (Fsp3) is 0.111. The zero-order valence-corrected chi connectivity index (χ0v) is 14.3. The van der Waals surface area contributed by atoms with E-state index < -0.39 is 11.7 Å². The number of thiazole rings is 1. The molecule has 3 nitrogen and oxygen atoms in total. The van der Waals surface area contributed by atoms with Crippen LogP contribution in [0, 0.1) is 25.1 Å². The molecule has 6 heteroatoms. The van der Waals surface area contributed by atoms with Crippen molar-refractivity contribution in [2.24, 2.45) is 4.99 Å². The van der Waals surface area contributed by atoms with Gasteiger partial charge in [0, 0.05) is 10.6 Å². The van der Waals surface area contributed by atoms with Crippen LogP contribution in [0.1, 0.15) is 15.9 Å². The predicted molar refractivity (Wildman–Crippen MR) is 94.7 cm³/mol. The summed E-state index contributed by atoms with van der Waals surface area (Å²) in [6.45, 7) is 2.15. The molecule has 0 fully saturated rings. The minimum absolute atomic E-state index is 0.189. The molecule has 0 unspecified atom stereocenters. The molecule has 24 heavy (non-hydrogen) atoms. The predicted octanol–water partition coefficient (Wildman–Crippen LogP) is 4.18. The van der Waals surface area contributed by atoms with Gasteiger partial charge in [0.1, 0.15) is 5.82 Å². The van der Waals surface area contributed by atoms with Gasteiger partial charge in [-0.3, -0.25) is 4.79 Å². The van der Waals surface area contributed by atoms with E-state index in [9.17, 15) is 9.18 Å². The number of nitrogens with zero attached hydrogens (tertiary/aromatic N) is 2. The maximum atomic E-state index is 13.3. The Bertz CT molecular complexity index is 1060. The van der Waals surface area contributed by atoms with Gasteiger partial charge in [-0.25, -0.2) is 4.39 Å². The highest BCUT2D eigenvalue weighted by Gasteiger charge is 2.12.